The van der Waals surface area contributed by atoms with Crippen molar-refractivity contribution >= 4 is 16.8 Å². The number of benzene rings is 2. The molecule has 0 aliphatic heterocycles. The predicted molar refractivity (Wildman–Crippen MR) is 77.2 cm³/mol. The molecule has 0 atom stereocenters. The second kappa shape index (κ2) is 4.53. The number of fused-ring (bicyclic) bond motifs is 1. The molecule has 0 unspecified atom stereocenters. The maximum Gasteiger partial charge on any atom is 0.228 e. The van der Waals surface area contributed by atoms with Crippen LogP contribution in [0.25, 0.3) is 11.0 Å². The Morgan fingerprint density at radius 2 is 1.75 bits per heavy atom. The second-order valence-corrected chi connectivity index (χ2v) is 4.93. The molecule has 0 amide bonds. The molecule has 0 fully saturated rings. The number of ketones is 1. The van der Waals surface area contributed by atoms with Gasteiger partial charge in [0, 0.05) is 16.5 Å². The highest BCUT2D eigenvalue weighted by atomic mass is 16.3. The number of carbonyl (C=O) groups excluding carboxylic acids is 1. The van der Waals surface area contributed by atoms with Crippen molar-refractivity contribution < 1.29 is 14.3 Å². The van der Waals surface area contributed by atoms with E-state index in [1.807, 2.05) is 26.0 Å². The number of aryl methyl sites for hydroxylation is 2. The zero-order chi connectivity index (χ0) is 14.3. The summed E-state index contributed by atoms with van der Waals surface area (Å²) in [6.45, 7) is 3.80. The molecule has 3 nitrogen and oxygen atoms in total. The molecule has 0 aliphatic rings. The summed E-state index contributed by atoms with van der Waals surface area (Å²) in [5.41, 5.74) is 3.06. The van der Waals surface area contributed by atoms with Gasteiger partial charge < -0.3 is 9.52 Å². The molecule has 0 bridgehead atoms. The topological polar surface area (TPSA) is 50.4 Å². The van der Waals surface area contributed by atoms with E-state index in [9.17, 15) is 9.90 Å². The van der Waals surface area contributed by atoms with Crippen LogP contribution in [0, 0.1) is 13.8 Å². The highest BCUT2D eigenvalue weighted by Gasteiger charge is 2.19. The highest BCUT2D eigenvalue weighted by Crippen LogP contribution is 2.29. The van der Waals surface area contributed by atoms with Gasteiger partial charge in [-0.2, -0.15) is 0 Å². The molecule has 0 radical (unpaired) electrons. The highest BCUT2D eigenvalue weighted by molar-refractivity contribution is 6.10. The number of phenols is 1. The molecule has 20 heavy (non-hydrogen) atoms. The minimum Gasteiger partial charge on any atom is -0.508 e. The van der Waals surface area contributed by atoms with Crippen LogP contribution in [0.5, 0.6) is 5.75 Å². The standard InChI is InChI=1S/C17H14O3/c1-10-3-5-12(6-4-10)16(19)17-11(2)14-9-13(18)7-8-15(14)20-17/h3-9,18H,1-2H3. The van der Waals surface area contributed by atoms with E-state index in [1.54, 1.807) is 30.3 Å². The molecular weight excluding hydrogens is 252 g/mol. The van der Waals surface area contributed by atoms with Crippen LogP contribution in [0.4, 0.5) is 0 Å². The molecule has 1 N–H and O–H groups in total. The SMILES string of the molecule is Cc1ccc(C(=O)c2oc3ccc(O)cc3c2C)cc1. The van der Waals surface area contributed by atoms with Crippen molar-refractivity contribution in [1.82, 2.24) is 0 Å². The molecule has 3 aromatic rings. The first-order valence-corrected chi connectivity index (χ1v) is 6.40. The van der Waals surface area contributed by atoms with Gasteiger partial charge in [0.15, 0.2) is 5.76 Å². The van der Waals surface area contributed by atoms with Crippen LogP contribution >= 0.6 is 0 Å². The van der Waals surface area contributed by atoms with Crippen molar-refractivity contribution in [2.45, 2.75) is 13.8 Å². The van der Waals surface area contributed by atoms with E-state index >= 15 is 0 Å². The smallest absolute Gasteiger partial charge is 0.228 e. The van der Waals surface area contributed by atoms with Gasteiger partial charge in [0.25, 0.3) is 0 Å². The number of phenolic OH excluding ortho intramolecular Hbond substituents is 1. The third-order valence-corrected chi connectivity index (χ3v) is 3.44. The van der Waals surface area contributed by atoms with Crippen LogP contribution in [0.3, 0.4) is 0 Å². The molecule has 0 saturated heterocycles. The summed E-state index contributed by atoms with van der Waals surface area (Å²) < 4.78 is 5.64. The summed E-state index contributed by atoms with van der Waals surface area (Å²) >= 11 is 0. The summed E-state index contributed by atoms with van der Waals surface area (Å²) in [5, 5.41) is 10.3. The molecule has 1 aromatic heterocycles. The molecule has 3 heteroatoms. The minimum atomic E-state index is -0.141. The van der Waals surface area contributed by atoms with Gasteiger partial charge in [0.2, 0.25) is 5.78 Å². The average molecular weight is 266 g/mol. The number of hydrogen-bond donors (Lipinski definition) is 1. The van der Waals surface area contributed by atoms with Gasteiger partial charge in [-0.15, -0.1) is 0 Å². The molecule has 0 saturated carbocycles. The van der Waals surface area contributed by atoms with E-state index in [0.29, 0.717) is 16.9 Å². The van der Waals surface area contributed by atoms with Gasteiger partial charge in [0.05, 0.1) is 0 Å². The first-order valence-electron chi connectivity index (χ1n) is 6.40. The predicted octanol–water partition coefficient (Wildman–Crippen LogP) is 3.99. The van der Waals surface area contributed by atoms with Crippen molar-refractivity contribution in [1.29, 1.82) is 0 Å². The fourth-order valence-electron chi connectivity index (χ4n) is 2.26. The normalized spacial score (nSPS) is 10.9. The summed E-state index contributed by atoms with van der Waals surface area (Å²) in [5.74, 6) is 0.350. The average Bonchev–Trinajstić information content (AvgIpc) is 2.76. The Labute approximate surface area is 116 Å². The molecular formula is C17H14O3. The lowest BCUT2D eigenvalue weighted by Gasteiger charge is -1.99. The summed E-state index contributed by atoms with van der Waals surface area (Å²) in [6, 6.07) is 12.2. The Balaban J connectivity index is 2.12. The van der Waals surface area contributed by atoms with Crippen LogP contribution in [0.2, 0.25) is 0 Å². The molecule has 1 heterocycles. The molecule has 100 valence electrons. The zero-order valence-corrected chi connectivity index (χ0v) is 11.3. The number of aromatic hydroxyl groups is 1. The lowest BCUT2D eigenvalue weighted by Crippen LogP contribution is -2.01. The number of carbonyl (C=O) groups is 1. The first kappa shape index (κ1) is 12.5. The van der Waals surface area contributed by atoms with E-state index < -0.39 is 0 Å². The maximum atomic E-state index is 12.5. The Morgan fingerprint density at radius 3 is 2.45 bits per heavy atom. The third-order valence-electron chi connectivity index (χ3n) is 3.44. The van der Waals surface area contributed by atoms with Gasteiger partial charge in [-0.25, -0.2) is 0 Å². The quantitative estimate of drug-likeness (QED) is 0.713. The number of rotatable bonds is 2. The number of hydrogen-bond acceptors (Lipinski definition) is 3. The molecule has 0 spiro atoms. The van der Waals surface area contributed by atoms with Gasteiger partial charge in [-0.05, 0) is 32.0 Å². The Morgan fingerprint density at radius 1 is 1.05 bits per heavy atom. The van der Waals surface area contributed by atoms with E-state index in [-0.39, 0.29) is 11.5 Å². The van der Waals surface area contributed by atoms with Crippen LogP contribution in [0.15, 0.2) is 46.9 Å². The third kappa shape index (κ3) is 1.97. The van der Waals surface area contributed by atoms with Crippen molar-refractivity contribution in [3.63, 3.8) is 0 Å². The van der Waals surface area contributed by atoms with Crippen LogP contribution in [0.1, 0.15) is 27.2 Å². The zero-order valence-electron chi connectivity index (χ0n) is 11.3. The minimum absolute atomic E-state index is 0.141. The lowest BCUT2D eigenvalue weighted by molar-refractivity contribution is 0.101. The van der Waals surface area contributed by atoms with E-state index in [1.165, 1.54) is 0 Å². The van der Waals surface area contributed by atoms with Gasteiger partial charge in [-0.3, -0.25) is 4.79 Å². The second-order valence-electron chi connectivity index (χ2n) is 4.93. The van der Waals surface area contributed by atoms with E-state index in [2.05, 4.69) is 0 Å². The van der Waals surface area contributed by atoms with Crippen LogP contribution < -0.4 is 0 Å². The van der Waals surface area contributed by atoms with Crippen molar-refractivity contribution in [3.8, 4) is 5.75 Å². The summed E-state index contributed by atoms with van der Waals surface area (Å²) in [4.78, 5) is 12.5. The van der Waals surface area contributed by atoms with Crippen molar-refractivity contribution in [2.75, 3.05) is 0 Å². The molecule has 2 aromatic carbocycles. The fourth-order valence-corrected chi connectivity index (χ4v) is 2.26. The summed E-state index contributed by atoms with van der Waals surface area (Å²) in [6.07, 6.45) is 0. The fraction of sp³-hybridized carbons (Fsp3) is 0.118. The van der Waals surface area contributed by atoms with Gasteiger partial charge in [-0.1, -0.05) is 29.8 Å². The van der Waals surface area contributed by atoms with Crippen molar-refractivity contribution in [2.24, 2.45) is 0 Å². The van der Waals surface area contributed by atoms with Crippen molar-refractivity contribution in [3.05, 3.63) is 64.9 Å². The summed E-state index contributed by atoms with van der Waals surface area (Å²) in [7, 11) is 0. The molecule has 3 rings (SSSR count). The number of furan rings is 1. The van der Waals surface area contributed by atoms with Crippen LogP contribution in [-0.4, -0.2) is 10.9 Å². The Bertz CT molecular complexity index is 795. The molecule has 0 aliphatic carbocycles. The maximum absolute atomic E-state index is 12.5. The lowest BCUT2D eigenvalue weighted by atomic mass is 10.0. The largest absolute Gasteiger partial charge is 0.508 e. The van der Waals surface area contributed by atoms with Gasteiger partial charge in [0.1, 0.15) is 11.3 Å². The van der Waals surface area contributed by atoms with Crippen LogP contribution in [-0.2, 0) is 0 Å². The van der Waals surface area contributed by atoms with Gasteiger partial charge >= 0.3 is 0 Å². The first-order chi connectivity index (χ1) is 9.56. The van der Waals surface area contributed by atoms with E-state index in [4.69, 9.17) is 4.42 Å². The Hall–Kier alpha value is -2.55. The van der Waals surface area contributed by atoms with E-state index in [0.717, 1.165) is 16.5 Å². The monoisotopic (exact) mass is 266 g/mol. The Kier molecular flexibility index (Phi) is 2.83.